The summed E-state index contributed by atoms with van der Waals surface area (Å²) in [5.74, 6) is 0.694. The molecule has 1 fully saturated rings. The van der Waals surface area contributed by atoms with Crippen LogP contribution < -0.4 is 5.73 Å². The highest BCUT2D eigenvalue weighted by atomic mass is 32.2. The zero-order valence-electron chi connectivity index (χ0n) is 12.2. The maximum atomic E-state index is 12.8. The molecule has 0 unspecified atom stereocenters. The normalized spacial score (nSPS) is 17.8. The van der Waals surface area contributed by atoms with Crippen molar-refractivity contribution in [3.63, 3.8) is 0 Å². The van der Waals surface area contributed by atoms with Gasteiger partial charge in [-0.05, 0) is 19.8 Å². The first-order valence-corrected chi connectivity index (χ1v) is 8.62. The number of nitrogens with two attached hydrogens (primary N) is 1. The van der Waals surface area contributed by atoms with Gasteiger partial charge < -0.3 is 10.3 Å². The number of aromatic nitrogens is 2. The van der Waals surface area contributed by atoms with Crippen molar-refractivity contribution in [3.8, 4) is 0 Å². The first-order chi connectivity index (χ1) is 9.46. The minimum atomic E-state index is -3.54. The first-order valence-electron chi connectivity index (χ1n) is 7.18. The summed E-state index contributed by atoms with van der Waals surface area (Å²) >= 11 is 0. The van der Waals surface area contributed by atoms with Gasteiger partial charge in [0, 0.05) is 32.4 Å². The van der Waals surface area contributed by atoms with Crippen LogP contribution in [0.4, 0.5) is 0 Å². The fraction of sp³-hybridized carbons (Fsp3) is 0.769. The maximum Gasteiger partial charge on any atom is 0.262 e. The van der Waals surface area contributed by atoms with Gasteiger partial charge in [0.2, 0.25) is 0 Å². The number of rotatable bonds is 5. The zero-order chi connectivity index (χ0) is 14.8. The Hall–Kier alpha value is -0.920. The van der Waals surface area contributed by atoms with Crippen LogP contribution in [0.1, 0.15) is 37.9 Å². The van der Waals surface area contributed by atoms with Crippen LogP contribution in [0, 0.1) is 6.92 Å². The van der Waals surface area contributed by atoms with Gasteiger partial charge in [0.05, 0.1) is 0 Å². The van der Waals surface area contributed by atoms with Gasteiger partial charge in [-0.2, -0.15) is 4.31 Å². The van der Waals surface area contributed by atoms with E-state index in [-0.39, 0.29) is 11.1 Å². The highest BCUT2D eigenvalue weighted by molar-refractivity contribution is 7.89. The molecule has 1 aromatic heterocycles. The van der Waals surface area contributed by atoms with E-state index in [1.807, 2.05) is 0 Å². The summed E-state index contributed by atoms with van der Waals surface area (Å²) in [4.78, 5) is 4.17. The summed E-state index contributed by atoms with van der Waals surface area (Å²) in [6.07, 6.45) is 6.79. The molecule has 0 amide bonds. The highest BCUT2D eigenvalue weighted by Gasteiger charge is 2.33. The molecule has 2 rings (SSSR count). The van der Waals surface area contributed by atoms with Crippen LogP contribution in [0.2, 0.25) is 0 Å². The average Bonchev–Trinajstić information content (AvgIpc) is 2.77. The quantitative estimate of drug-likeness (QED) is 0.880. The Morgan fingerprint density at radius 3 is 2.55 bits per heavy atom. The second-order valence-corrected chi connectivity index (χ2v) is 7.27. The van der Waals surface area contributed by atoms with Crippen LogP contribution in [0.5, 0.6) is 0 Å². The van der Waals surface area contributed by atoms with E-state index in [0.717, 1.165) is 25.7 Å². The number of hydrogen-bond donors (Lipinski definition) is 1. The smallest absolute Gasteiger partial charge is 0.262 e. The highest BCUT2D eigenvalue weighted by Crippen LogP contribution is 2.27. The van der Waals surface area contributed by atoms with Crippen molar-refractivity contribution in [1.82, 2.24) is 13.9 Å². The second kappa shape index (κ2) is 6.24. The molecule has 1 aliphatic carbocycles. The van der Waals surface area contributed by atoms with Crippen LogP contribution in [-0.2, 0) is 17.1 Å². The molecule has 1 aromatic rings. The SMILES string of the molecule is Cc1nc(S(=O)(=O)N(CCN)C2CCCCC2)cn1C. The van der Waals surface area contributed by atoms with E-state index in [1.54, 1.807) is 29.0 Å². The predicted octanol–water partition coefficient (Wildman–Crippen LogP) is 1.01. The topological polar surface area (TPSA) is 81.2 Å². The Morgan fingerprint density at radius 1 is 1.40 bits per heavy atom. The molecule has 0 spiro atoms. The van der Waals surface area contributed by atoms with Crippen molar-refractivity contribution in [2.45, 2.75) is 50.1 Å². The number of nitrogens with zero attached hydrogens (tertiary/aromatic N) is 3. The number of hydrogen-bond acceptors (Lipinski definition) is 4. The Kier molecular flexibility index (Phi) is 4.82. The molecule has 20 heavy (non-hydrogen) atoms. The molecule has 6 nitrogen and oxygen atoms in total. The van der Waals surface area contributed by atoms with Crippen molar-refractivity contribution in [2.24, 2.45) is 12.8 Å². The molecule has 1 saturated carbocycles. The molecule has 1 heterocycles. The summed E-state index contributed by atoms with van der Waals surface area (Å²) in [5, 5.41) is 0.136. The minimum absolute atomic E-state index is 0.0691. The van der Waals surface area contributed by atoms with E-state index in [4.69, 9.17) is 5.73 Å². The largest absolute Gasteiger partial charge is 0.337 e. The van der Waals surface area contributed by atoms with Crippen LogP contribution in [-0.4, -0.2) is 41.4 Å². The van der Waals surface area contributed by atoms with Gasteiger partial charge in [-0.15, -0.1) is 0 Å². The molecule has 1 aliphatic rings. The fourth-order valence-corrected chi connectivity index (χ4v) is 4.49. The lowest BCUT2D eigenvalue weighted by atomic mass is 9.95. The number of aryl methyl sites for hydroxylation is 2. The molecule has 0 atom stereocenters. The molecule has 0 aliphatic heterocycles. The van der Waals surface area contributed by atoms with E-state index in [1.165, 1.54) is 6.42 Å². The molecule has 0 saturated heterocycles. The van der Waals surface area contributed by atoms with Gasteiger partial charge in [-0.1, -0.05) is 19.3 Å². The van der Waals surface area contributed by atoms with E-state index < -0.39 is 10.0 Å². The Labute approximate surface area is 121 Å². The van der Waals surface area contributed by atoms with Crippen LogP contribution in [0.25, 0.3) is 0 Å². The molecular weight excluding hydrogens is 276 g/mol. The van der Waals surface area contributed by atoms with E-state index >= 15 is 0 Å². The van der Waals surface area contributed by atoms with E-state index in [2.05, 4.69) is 4.98 Å². The van der Waals surface area contributed by atoms with Crippen molar-refractivity contribution < 1.29 is 8.42 Å². The summed E-state index contributed by atoms with van der Waals surface area (Å²) in [6, 6.07) is 0.0691. The third-order valence-electron chi connectivity index (χ3n) is 3.99. The van der Waals surface area contributed by atoms with Gasteiger partial charge in [0.1, 0.15) is 5.82 Å². The number of imidazole rings is 1. The first kappa shape index (κ1) is 15.5. The minimum Gasteiger partial charge on any atom is -0.337 e. The van der Waals surface area contributed by atoms with Crippen molar-refractivity contribution in [1.29, 1.82) is 0 Å². The lowest BCUT2D eigenvalue weighted by Gasteiger charge is -2.32. The molecule has 114 valence electrons. The van der Waals surface area contributed by atoms with Gasteiger partial charge in [-0.25, -0.2) is 13.4 Å². The standard InChI is InChI=1S/C13H24N4O2S/c1-11-15-13(10-16(11)2)20(18,19)17(9-8-14)12-6-4-3-5-7-12/h10,12H,3-9,14H2,1-2H3. The van der Waals surface area contributed by atoms with Crippen molar-refractivity contribution in [2.75, 3.05) is 13.1 Å². The zero-order valence-corrected chi connectivity index (χ0v) is 13.1. The summed E-state index contributed by atoms with van der Waals surface area (Å²) in [7, 11) is -1.74. The third kappa shape index (κ3) is 3.05. The Balaban J connectivity index is 2.31. The van der Waals surface area contributed by atoms with Crippen molar-refractivity contribution >= 4 is 10.0 Å². The van der Waals surface area contributed by atoms with Gasteiger partial charge in [-0.3, -0.25) is 0 Å². The Morgan fingerprint density at radius 2 is 2.05 bits per heavy atom. The molecular formula is C13H24N4O2S. The lowest BCUT2D eigenvalue weighted by molar-refractivity contribution is 0.257. The van der Waals surface area contributed by atoms with E-state index in [0.29, 0.717) is 18.9 Å². The van der Waals surface area contributed by atoms with Gasteiger partial charge in [0.25, 0.3) is 10.0 Å². The summed E-state index contributed by atoms with van der Waals surface area (Å²) < 4.78 is 28.9. The maximum absolute atomic E-state index is 12.8. The molecule has 7 heteroatoms. The lowest BCUT2D eigenvalue weighted by Crippen LogP contribution is -2.44. The fourth-order valence-electron chi connectivity index (χ4n) is 2.77. The third-order valence-corrected chi connectivity index (χ3v) is 5.81. The monoisotopic (exact) mass is 300 g/mol. The Bertz CT molecular complexity index is 527. The van der Waals surface area contributed by atoms with Crippen LogP contribution >= 0.6 is 0 Å². The van der Waals surface area contributed by atoms with Crippen LogP contribution in [0.15, 0.2) is 11.2 Å². The predicted molar refractivity (Wildman–Crippen MR) is 77.8 cm³/mol. The van der Waals surface area contributed by atoms with E-state index in [9.17, 15) is 8.42 Å². The summed E-state index contributed by atoms with van der Waals surface area (Å²) in [6.45, 7) is 2.50. The van der Waals surface area contributed by atoms with Gasteiger partial charge in [0.15, 0.2) is 5.03 Å². The molecule has 0 aromatic carbocycles. The molecule has 0 bridgehead atoms. The number of sulfonamides is 1. The second-order valence-electron chi connectivity index (χ2n) is 5.43. The van der Waals surface area contributed by atoms with Crippen molar-refractivity contribution in [3.05, 3.63) is 12.0 Å². The molecule has 0 radical (unpaired) electrons. The van der Waals surface area contributed by atoms with Crippen LogP contribution in [0.3, 0.4) is 0 Å². The van der Waals surface area contributed by atoms with Gasteiger partial charge >= 0.3 is 0 Å². The molecule has 2 N–H and O–H groups in total. The average molecular weight is 300 g/mol. The summed E-state index contributed by atoms with van der Waals surface area (Å²) in [5.41, 5.74) is 5.61.